The minimum atomic E-state index is -1.06. The number of aliphatic carboxylic acids is 1. The van der Waals surface area contributed by atoms with Crippen LogP contribution in [-0.2, 0) is 14.3 Å². The van der Waals surface area contributed by atoms with Crippen LogP contribution in [0.1, 0.15) is 55.6 Å². The van der Waals surface area contributed by atoms with Gasteiger partial charge in [0.2, 0.25) is 5.91 Å². The zero-order valence-electron chi connectivity index (χ0n) is 19.9. The van der Waals surface area contributed by atoms with Crippen molar-refractivity contribution in [3.05, 3.63) is 59.7 Å². The second-order valence-corrected chi connectivity index (χ2v) is 9.32. The zero-order chi connectivity index (χ0) is 24.9. The van der Waals surface area contributed by atoms with Crippen LogP contribution in [0.3, 0.4) is 0 Å². The molecule has 0 saturated heterocycles. The van der Waals surface area contributed by atoms with Crippen molar-refractivity contribution >= 4 is 18.0 Å². The highest BCUT2D eigenvalue weighted by Gasteiger charge is 2.34. The summed E-state index contributed by atoms with van der Waals surface area (Å²) < 4.78 is 5.56. The molecule has 0 spiro atoms. The molecule has 186 valence electrons. The molecule has 1 saturated carbocycles. The number of aliphatic hydroxyl groups is 1. The maximum Gasteiger partial charge on any atom is 0.407 e. The number of nitrogens with one attached hydrogen (secondary N) is 1. The van der Waals surface area contributed by atoms with Crippen molar-refractivity contribution in [3.8, 4) is 11.1 Å². The summed E-state index contributed by atoms with van der Waals surface area (Å²) in [7, 11) is 1.59. The monoisotopic (exact) mass is 480 g/mol. The van der Waals surface area contributed by atoms with E-state index >= 15 is 0 Å². The summed E-state index contributed by atoms with van der Waals surface area (Å²) in [4.78, 5) is 38.5. The predicted molar refractivity (Wildman–Crippen MR) is 130 cm³/mol. The van der Waals surface area contributed by atoms with Crippen LogP contribution in [0.5, 0.6) is 0 Å². The number of carboxylic acids is 1. The molecule has 2 aromatic carbocycles. The Bertz CT molecular complexity index is 1040. The molecule has 3 N–H and O–H groups in total. The van der Waals surface area contributed by atoms with E-state index in [-0.39, 0.29) is 31.4 Å². The van der Waals surface area contributed by atoms with Crippen LogP contribution in [0.25, 0.3) is 11.1 Å². The highest BCUT2D eigenvalue weighted by atomic mass is 16.5. The molecule has 1 fully saturated rings. The highest BCUT2D eigenvalue weighted by Crippen LogP contribution is 2.44. The molecule has 2 aliphatic carbocycles. The summed E-state index contributed by atoms with van der Waals surface area (Å²) in [5.41, 5.74) is 4.37. The molecule has 8 heteroatoms. The molecule has 8 nitrogen and oxygen atoms in total. The Hall–Kier alpha value is -3.39. The van der Waals surface area contributed by atoms with E-state index in [9.17, 15) is 19.5 Å². The third kappa shape index (κ3) is 5.48. The average molecular weight is 481 g/mol. The first kappa shape index (κ1) is 24.7. The summed E-state index contributed by atoms with van der Waals surface area (Å²) in [5, 5.41) is 22.0. The number of ether oxygens (including phenoxy) is 1. The Morgan fingerprint density at radius 3 is 2.23 bits per heavy atom. The summed E-state index contributed by atoms with van der Waals surface area (Å²) in [6.07, 6.45) is 1.34. The van der Waals surface area contributed by atoms with Crippen molar-refractivity contribution in [2.45, 2.75) is 62.6 Å². The van der Waals surface area contributed by atoms with Crippen LogP contribution >= 0.6 is 0 Å². The van der Waals surface area contributed by atoms with E-state index in [1.165, 1.54) is 4.90 Å². The second kappa shape index (κ2) is 10.9. The van der Waals surface area contributed by atoms with Gasteiger partial charge < -0.3 is 25.2 Å². The van der Waals surface area contributed by atoms with Gasteiger partial charge in [0, 0.05) is 19.4 Å². The molecule has 1 unspecified atom stereocenters. The molecule has 2 aromatic rings. The number of carboxylic acid groups (broad SMARTS) is 1. The van der Waals surface area contributed by atoms with E-state index in [2.05, 4.69) is 5.32 Å². The van der Waals surface area contributed by atoms with Gasteiger partial charge in [-0.15, -0.1) is 0 Å². The molecule has 3 atom stereocenters. The Balaban J connectivity index is 1.43. The lowest BCUT2D eigenvalue weighted by atomic mass is 9.91. The first-order valence-electron chi connectivity index (χ1n) is 12.1. The van der Waals surface area contributed by atoms with Crippen molar-refractivity contribution in [1.82, 2.24) is 10.2 Å². The van der Waals surface area contributed by atoms with Crippen LogP contribution in [0.2, 0.25) is 0 Å². The normalized spacial score (nSPS) is 19.8. The third-order valence-corrected chi connectivity index (χ3v) is 7.12. The number of likely N-dealkylation sites (N-methyl/N-ethyl adjacent to an activating group) is 1. The minimum Gasteiger partial charge on any atom is -0.481 e. The third-order valence-electron chi connectivity index (χ3n) is 7.12. The van der Waals surface area contributed by atoms with E-state index in [1.54, 1.807) is 7.05 Å². The van der Waals surface area contributed by atoms with Crippen molar-refractivity contribution in [1.29, 1.82) is 0 Å². The number of alkyl carbamates (subject to hydrolysis) is 1. The molecule has 2 aliphatic rings. The predicted octanol–water partition coefficient (Wildman–Crippen LogP) is 3.52. The molecule has 4 rings (SSSR count). The van der Waals surface area contributed by atoms with Gasteiger partial charge in [-0.3, -0.25) is 9.59 Å². The first-order valence-corrected chi connectivity index (χ1v) is 12.1. The summed E-state index contributed by atoms with van der Waals surface area (Å²) in [5.74, 6) is -1.61. The van der Waals surface area contributed by atoms with Crippen molar-refractivity contribution in [3.63, 3.8) is 0 Å². The number of hydrogen-bond acceptors (Lipinski definition) is 5. The topological polar surface area (TPSA) is 116 Å². The quantitative estimate of drug-likeness (QED) is 0.532. The number of carbonyl (C=O) groups excluding carboxylic acids is 2. The van der Waals surface area contributed by atoms with E-state index in [1.807, 2.05) is 48.5 Å². The fourth-order valence-corrected chi connectivity index (χ4v) is 5.26. The van der Waals surface area contributed by atoms with Gasteiger partial charge in [0.1, 0.15) is 12.6 Å². The Kier molecular flexibility index (Phi) is 7.70. The Morgan fingerprint density at radius 1 is 1.03 bits per heavy atom. The summed E-state index contributed by atoms with van der Waals surface area (Å²) in [6, 6.07) is 14.6. The van der Waals surface area contributed by atoms with Crippen LogP contribution in [-0.4, -0.2) is 64.9 Å². The summed E-state index contributed by atoms with van der Waals surface area (Å²) >= 11 is 0. The zero-order valence-corrected chi connectivity index (χ0v) is 19.9. The molecule has 0 radical (unpaired) electrons. The van der Waals surface area contributed by atoms with Gasteiger partial charge in [0.15, 0.2) is 0 Å². The van der Waals surface area contributed by atoms with Crippen LogP contribution in [0.4, 0.5) is 4.79 Å². The fraction of sp³-hybridized carbons (Fsp3) is 0.444. The molecule has 0 aliphatic heterocycles. The number of rotatable bonds is 8. The second-order valence-electron chi connectivity index (χ2n) is 9.32. The van der Waals surface area contributed by atoms with Crippen LogP contribution < -0.4 is 5.32 Å². The number of fused-ring (bicyclic) bond motifs is 3. The number of hydrogen-bond donors (Lipinski definition) is 3. The standard InChI is InChI=1S/C27H32N2O6/c1-29(23-12-6-7-13-24(23)30)26(33)22(14-15-25(31)32)28-27(34)35-16-21-19-10-4-2-8-17(19)18-9-3-5-11-20(18)21/h2-5,8-11,21-24,30H,6-7,12-16H2,1H3,(H,28,34)(H,31,32)/t22?,23-,24-/m1/s1. The maximum absolute atomic E-state index is 13.2. The van der Waals surface area contributed by atoms with Gasteiger partial charge in [0.05, 0.1) is 12.1 Å². The fourth-order valence-electron chi connectivity index (χ4n) is 5.26. The average Bonchev–Trinajstić information content (AvgIpc) is 3.18. The van der Waals surface area contributed by atoms with E-state index in [0.717, 1.165) is 35.1 Å². The number of amides is 2. The van der Waals surface area contributed by atoms with E-state index < -0.39 is 30.1 Å². The number of aliphatic hydroxyl groups excluding tert-OH is 1. The minimum absolute atomic E-state index is 0.0640. The number of carbonyl (C=O) groups is 3. The smallest absolute Gasteiger partial charge is 0.407 e. The van der Waals surface area contributed by atoms with Gasteiger partial charge in [-0.2, -0.15) is 0 Å². The van der Waals surface area contributed by atoms with E-state index in [4.69, 9.17) is 9.84 Å². The van der Waals surface area contributed by atoms with Crippen LogP contribution in [0, 0.1) is 0 Å². The van der Waals surface area contributed by atoms with Gasteiger partial charge in [-0.1, -0.05) is 61.4 Å². The van der Waals surface area contributed by atoms with Crippen LogP contribution in [0.15, 0.2) is 48.5 Å². The lowest BCUT2D eigenvalue weighted by molar-refractivity contribution is -0.139. The Labute approximate surface area is 204 Å². The molecule has 0 bridgehead atoms. The molecular weight excluding hydrogens is 448 g/mol. The number of nitrogens with zero attached hydrogens (tertiary/aromatic N) is 1. The molecule has 0 heterocycles. The lowest BCUT2D eigenvalue weighted by Gasteiger charge is -2.37. The highest BCUT2D eigenvalue weighted by molar-refractivity contribution is 5.86. The largest absolute Gasteiger partial charge is 0.481 e. The molecular formula is C27H32N2O6. The molecule has 2 amide bonds. The first-order chi connectivity index (χ1) is 16.9. The van der Waals surface area contributed by atoms with Gasteiger partial charge in [-0.25, -0.2) is 4.79 Å². The number of benzene rings is 2. The maximum atomic E-state index is 13.2. The van der Waals surface area contributed by atoms with Crippen molar-refractivity contribution < 1.29 is 29.3 Å². The molecule has 35 heavy (non-hydrogen) atoms. The summed E-state index contributed by atoms with van der Waals surface area (Å²) in [6.45, 7) is 0.0941. The van der Waals surface area contributed by atoms with Crippen molar-refractivity contribution in [2.75, 3.05) is 13.7 Å². The van der Waals surface area contributed by atoms with Crippen molar-refractivity contribution in [2.24, 2.45) is 0 Å². The van der Waals surface area contributed by atoms with Gasteiger partial charge in [-0.05, 0) is 41.5 Å². The van der Waals surface area contributed by atoms with E-state index in [0.29, 0.717) is 12.8 Å². The SMILES string of the molecule is CN(C(=O)C(CCC(=O)O)NC(=O)OCC1c2ccccc2-c2ccccc21)[C@@H]1CCCC[C@H]1O. The van der Waals surface area contributed by atoms with Gasteiger partial charge >= 0.3 is 12.1 Å². The van der Waals surface area contributed by atoms with Gasteiger partial charge in [0.25, 0.3) is 0 Å². The molecule has 0 aromatic heterocycles. The lowest BCUT2D eigenvalue weighted by Crippen LogP contribution is -2.54. The Morgan fingerprint density at radius 2 is 1.63 bits per heavy atom.